The zero-order valence-corrected chi connectivity index (χ0v) is 11.2. The van der Waals surface area contributed by atoms with E-state index in [1.165, 1.54) is 0 Å². The van der Waals surface area contributed by atoms with Crippen LogP contribution >= 0.6 is 12.2 Å². The molecule has 0 aliphatic heterocycles. The summed E-state index contributed by atoms with van der Waals surface area (Å²) >= 11 is 5.26. The minimum absolute atomic E-state index is 0.272. The first-order valence-corrected chi connectivity index (χ1v) is 6.28. The van der Waals surface area contributed by atoms with Crippen LogP contribution < -0.4 is 10.6 Å². The van der Waals surface area contributed by atoms with Crippen molar-refractivity contribution < 1.29 is 4.74 Å². The van der Waals surface area contributed by atoms with Crippen LogP contribution in [0.15, 0.2) is 30.3 Å². The van der Waals surface area contributed by atoms with Gasteiger partial charge in [-0.15, -0.1) is 0 Å². The molecule has 0 saturated heterocycles. The summed E-state index contributed by atoms with van der Waals surface area (Å²) in [6.07, 6.45) is 2.15. The number of nitrogens with one attached hydrogen (secondary N) is 2. The number of hydrogen-bond acceptors (Lipinski definition) is 2. The molecule has 4 heteroatoms. The highest BCUT2D eigenvalue weighted by atomic mass is 32.1. The van der Waals surface area contributed by atoms with Crippen molar-refractivity contribution in [2.45, 2.75) is 25.8 Å². The second kappa shape index (κ2) is 8.03. The van der Waals surface area contributed by atoms with E-state index in [1.807, 2.05) is 30.3 Å². The molecule has 0 aliphatic rings. The van der Waals surface area contributed by atoms with Gasteiger partial charge in [0.25, 0.3) is 0 Å². The Morgan fingerprint density at radius 3 is 2.65 bits per heavy atom. The van der Waals surface area contributed by atoms with Crippen LogP contribution in [-0.4, -0.2) is 24.9 Å². The van der Waals surface area contributed by atoms with Crippen molar-refractivity contribution in [2.24, 2.45) is 0 Å². The van der Waals surface area contributed by atoms with Crippen molar-refractivity contribution in [1.82, 2.24) is 5.32 Å². The van der Waals surface area contributed by atoms with Gasteiger partial charge in [-0.2, -0.15) is 0 Å². The highest BCUT2D eigenvalue weighted by molar-refractivity contribution is 7.80. The number of benzene rings is 1. The Bertz CT molecular complexity index is 323. The van der Waals surface area contributed by atoms with E-state index >= 15 is 0 Å². The van der Waals surface area contributed by atoms with Gasteiger partial charge in [0.2, 0.25) is 0 Å². The molecule has 1 unspecified atom stereocenters. The van der Waals surface area contributed by atoms with Gasteiger partial charge in [-0.05, 0) is 30.8 Å². The Labute approximate surface area is 109 Å². The second-order valence-corrected chi connectivity index (χ2v) is 4.31. The molecule has 0 radical (unpaired) electrons. The summed E-state index contributed by atoms with van der Waals surface area (Å²) in [6, 6.07) is 10.2. The molecule has 0 spiro atoms. The van der Waals surface area contributed by atoms with Crippen LogP contribution in [0.25, 0.3) is 0 Å². The largest absolute Gasteiger partial charge is 0.383 e. The molecule has 0 heterocycles. The van der Waals surface area contributed by atoms with Crippen molar-refractivity contribution in [3.63, 3.8) is 0 Å². The standard InChI is InChI=1S/C13H20N2OS/c1-3-7-12(10-16-2)15-13(17)14-11-8-5-4-6-9-11/h4-6,8-9,12H,3,7,10H2,1-2H3,(H2,14,15,17). The van der Waals surface area contributed by atoms with Crippen LogP contribution in [0.1, 0.15) is 19.8 Å². The number of ether oxygens (including phenoxy) is 1. The fraction of sp³-hybridized carbons (Fsp3) is 0.462. The Morgan fingerprint density at radius 1 is 1.35 bits per heavy atom. The van der Waals surface area contributed by atoms with E-state index < -0.39 is 0 Å². The first-order chi connectivity index (χ1) is 8.26. The van der Waals surface area contributed by atoms with Crippen LogP contribution in [0, 0.1) is 0 Å². The number of rotatable bonds is 6. The van der Waals surface area contributed by atoms with Gasteiger partial charge in [0.05, 0.1) is 12.6 Å². The number of hydrogen-bond donors (Lipinski definition) is 2. The average Bonchev–Trinajstić information content (AvgIpc) is 2.30. The van der Waals surface area contributed by atoms with E-state index in [0.717, 1.165) is 18.5 Å². The summed E-state index contributed by atoms with van der Waals surface area (Å²) in [7, 11) is 1.71. The Hall–Kier alpha value is -1.13. The van der Waals surface area contributed by atoms with Gasteiger partial charge < -0.3 is 15.4 Å². The lowest BCUT2D eigenvalue weighted by molar-refractivity contribution is 0.170. The first-order valence-electron chi connectivity index (χ1n) is 5.87. The summed E-state index contributed by atoms with van der Waals surface area (Å²) in [6.45, 7) is 2.82. The highest BCUT2D eigenvalue weighted by Crippen LogP contribution is 2.05. The van der Waals surface area contributed by atoms with Crippen LogP contribution in [0.4, 0.5) is 5.69 Å². The Kier molecular flexibility index (Phi) is 6.58. The molecular formula is C13H20N2OS. The van der Waals surface area contributed by atoms with Gasteiger partial charge in [0.15, 0.2) is 5.11 Å². The van der Waals surface area contributed by atoms with Crippen LogP contribution in [0.5, 0.6) is 0 Å². The zero-order valence-electron chi connectivity index (χ0n) is 10.4. The molecule has 0 bridgehead atoms. The minimum Gasteiger partial charge on any atom is -0.383 e. The summed E-state index contributed by atoms with van der Waals surface area (Å²) in [5.74, 6) is 0. The topological polar surface area (TPSA) is 33.3 Å². The lowest BCUT2D eigenvalue weighted by atomic mass is 10.2. The molecule has 0 aromatic heterocycles. The van der Waals surface area contributed by atoms with Crippen LogP contribution in [-0.2, 0) is 4.74 Å². The van der Waals surface area contributed by atoms with Crippen molar-refractivity contribution in [1.29, 1.82) is 0 Å². The van der Waals surface area contributed by atoms with Gasteiger partial charge in [-0.3, -0.25) is 0 Å². The summed E-state index contributed by atoms with van der Waals surface area (Å²) in [5.41, 5.74) is 0.998. The molecule has 17 heavy (non-hydrogen) atoms. The van der Waals surface area contributed by atoms with E-state index in [9.17, 15) is 0 Å². The highest BCUT2D eigenvalue weighted by Gasteiger charge is 2.08. The fourth-order valence-electron chi connectivity index (χ4n) is 1.62. The third-order valence-electron chi connectivity index (χ3n) is 2.37. The molecule has 0 saturated carbocycles. The molecule has 1 rings (SSSR count). The first kappa shape index (κ1) is 13.9. The molecule has 94 valence electrons. The average molecular weight is 252 g/mol. The predicted molar refractivity (Wildman–Crippen MR) is 76.4 cm³/mol. The van der Waals surface area contributed by atoms with Gasteiger partial charge >= 0.3 is 0 Å². The normalized spacial score (nSPS) is 11.9. The molecule has 3 nitrogen and oxygen atoms in total. The van der Waals surface area contributed by atoms with Crippen LogP contribution in [0.3, 0.4) is 0 Å². The smallest absolute Gasteiger partial charge is 0.171 e. The SMILES string of the molecule is CCCC(COC)NC(=S)Nc1ccccc1. The Balaban J connectivity index is 2.42. The summed E-state index contributed by atoms with van der Waals surface area (Å²) < 4.78 is 5.16. The number of methoxy groups -OCH3 is 1. The molecule has 0 amide bonds. The lowest BCUT2D eigenvalue weighted by Gasteiger charge is -2.19. The zero-order chi connectivity index (χ0) is 12.5. The lowest BCUT2D eigenvalue weighted by Crippen LogP contribution is -2.40. The van der Waals surface area contributed by atoms with E-state index in [4.69, 9.17) is 17.0 Å². The summed E-state index contributed by atoms with van der Waals surface area (Å²) in [4.78, 5) is 0. The maximum Gasteiger partial charge on any atom is 0.171 e. The molecule has 0 aliphatic carbocycles. The number of anilines is 1. The predicted octanol–water partition coefficient (Wildman–Crippen LogP) is 2.79. The molecular weight excluding hydrogens is 232 g/mol. The fourth-order valence-corrected chi connectivity index (χ4v) is 1.91. The van der Waals surface area contributed by atoms with E-state index in [1.54, 1.807) is 7.11 Å². The molecule has 2 N–H and O–H groups in total. The van der Waals surface area contributed by atoms with Crippen molar-refractivity contribution in [3.05, 3.63) is 30.3 Å². The van der Waals surface area contributed by atoms with E-state index in [-0.39, 0.29) is 6.04 Å². The van der Waals surface area contributed by atoms with Crippen molar-refractivity contribution in [3.8, 4) is 0 Å². The maximum absolute atomic E-state index is 5.26. The van der Waals surface area contributed by atoms with Gasteiger partial charge in [-0.1, -0.05) is 31.5 Å². The Morgan fingerprint density at radius 2 is 2.06 bits per heavy atom. The summed E-state index contributed by atoms with van der Waals surface area (Å²) in [5, 5.41) is 7.06. The third-order valence-corrected chi connectivity index (χ3v) is 2.59. The minimum atomic E-state index is 0.272. The van der Waals surface area contributed by atoms with Gasteiger partial charge in [0.1, 0.15) is 0 Å². The van der Waals surface area contributed by atoms with E-state index in [0.29, 0.717) is 11.7 Å². The molecule has 0 fully saturated rings. The number of thiocarbonyl (C=S) groups is 1. The van der Waals surface area contributed by atoms with Gasteiger partial charge in [0, 0.05) is 12.8 Å². The van der Waals surface area contributed by atoms with Crippen LogP contribution in [0.2, 0.25) is 0 Å². The molecule has 1 aromatic carbocycles. The van der Waals surface area contributed by atoms with Gasteiger partial charge in [-0.25, -0.2) is 0 Å². The van der Waals surface area contributed by atoms with Crippen molar-refractivity contribution in [2.75, 3.05) is 19.0 Å². The molecule has 1 aromatic rings. The van der Waals surface area contributed by atoms with Crippen molar-refractivity contribution >= 4 is 23.0 Å². The third kappa shape index (κ3) is 5.65. The quantitative estimate of drug-likeness (QED) is 0.763. The second-order valence-electron chi connectivity index (χ2n) is 3.91. The number of para-hydroxylation sites is 1. The monoisotopic (exact) mass is 252 g/mol. The maximum atomic E-state index is 5.26. The molecule has 1 atom stereocenters. The van der Waals surface area contributed by atoms with E-state index in [2.05, 4.69) is 17.6 Å².